The molecule has 0 spiro atoms. The fourth-order valence-corrected chi connectivity index (χ4v) is 0.947. The SMILES string of the molecule is CS[CH]c1ccccn1. The second kappa shape index (κ2) is 3.51. The van der Waals surface area contributed by atoms with Crippen LogP contribution in [0.15, 0.2) is 24.4 Å². The molecule has 1 heterocycles. The third-order valence-electron chi connectivity index (χ3n) is 0.926. The van der Waals surface area contributed by atoms with Crippen LogP contribution in [-0.4, -0.2) is 11.2 Å². The zero-order valence-corrected chi connectivity index (χ0v) is 6.06. The lowest BCUT2D eigenvalue weighted by molar-refractivity contribution is 1.26. The second-order valence-corrected chi connectivity index (χ2v) is 2.32. The van der Waals surface area contributed by atoms with Crippen LogP contribution in [0, 0.1) is 5.75 Å². The average Bonchev–Trinajstić information content (AvgIpc) is 1.91. The van der Waals surface area contributed by atoms with E-state index in [2.05, 4.69) is 4.98 Å². The maximum absolute atomic E-state index is 4.09. The summed E-state index contributed by atoms with van der Waals surface area (Å²) in [5, 5.41) is 0. The molecule has 0 atom stereocenters. The van der Waals surface area contributed by atoms with E-state index in [1.54, 1.807) is 18.0 Å². The van der Waals surface area contributed by atoms with Gasteiger partial charge in [-0.1, -0.05) is 6.07 Å². The Bertz CT molecular complexity index is 162. The van der Waals surface area contributed by atoms with Gasteiger partial charge in [0, 0.05) is 6.20 Å². The van der Waals surface area contributed by atoms with Crippen molar-refractivity contribution in [3.05, 3.63) is 35.8 Å². The Balaban J connectivity index is 2.61. The maximum atomic E-state index is 4.09. The Hall–Kier alpha value is -0.500. The highest BCUT2D eigenvalue weighted by atomic mass is 32.2. The zero-order chi connectivity index (χ0) is 6.53. The van der Waals surface area contributed by atoms with Crippen LogP contribution in [0.1, 0.15) is 5.69 Å². The summed E-state index contributed by atoms with van der Waals surface area (Å²) in [6.07, 6.45) is 3.82. The molecule has 0 fully saturated rings. The lowest BCUT2D eigenvalue weighted by Gasteiger charge is -1.91. The fourth-order valence-electron chi connectivity index (χ4n) is 0.566. The first-order valence-corrected chi connectivity index (χ1v) is 3.99. The summed E-state index contributed by atoms with van der Waals surface area (Å²) in [6, 6.07) is 5.88. The van der Waals surface area contributed by atoms with Gasteiger partial charge in [0.2, 0.25) is 0 Å². The minimum atomic E-state index is 1.03. The summed E-state index contributed by atoms with van der Waals surface area (Å²) in [7, 11) is 0. The van der Waals surface area contributed by atoms with Gasteiger partial charge in [-0.3, -0.25) is 4.98 Å². The van der Waals surface area contributed by atoms with Crippen molar-refractivity contribution in [2.24, 2.45) is 0 Å². The molecule has 1 radical (unpaired) electrons. The quantitative estimate of drug-likeness (QED) is 0.619. The van der Waals surface area contributed by atoms with E-state index in [-0.39, 0.29) is 0 Å². The van der Waals surface area contributed by atoms with E-state index in [4.69, 9.17) is 0 Å². The maximum Gasteiger partial charge on any atom is 0.0642 e. The van der Waals surface area contributed by atoms with Crippen molar-refractivity contribution in [3.63, 3.8) is 0 Å². The van der Waals surface area contributed by atoms with Crippen LogP contribution in [0.3, 0.4) is 0 Å². The topological polar surface area (TPSA) is 12.9 Å². The molecule has 1 rings (SSSR count). The Labute approximate surface area is 59.5 Å². The number of nitrogens with zero attached hydrogens (tertiary/aromatic N) is 1. The molecule has 2 heteroatoms. The minimum absolute atomic E-state index is 1.03. The predicted molar refractivity (Wildman–Crippen MR) is 41.2 cm³/mol. The van der Waals surface area contributed by atoms with E-state index >= 15 is 0 Å². The van der Waals surface area contributed by atoms with Crippen LogP contribution < -0.4 is 0 Å². The highest BCUT2D eigenvalue weighted by Crippen LogP contribution is 2.06. The second-order valence-electron chi connectivity index (χ2n) is 1.61. The number of rotatable bonds is 2. The zero-order valence-electron chi connectivity index (χ0n) is 5.24. The predicted octanol–water partition coefficient (Wildman–Crippen LogP) is 1.95. The number of hydrogen-bond acceptors (Lipinski definition) is 2. The largest absolute Gasteiger partial charge is 0.260 e. The summed E-state index contributed by atoms with van der Waals surface area (Å²) in [5.74, 6) is 2.01. The molecule has 0 unspecified atom stereocenters. The Kier molecular flexibility index (Phi) is 2.58. The van der Waals surface area contributed by atoms with Crippen LogP contribution in [0.5, 0.6) is 0 Å². The third kappa shape index (κ3) is 2.06. The first kappa shape index (κ1) is 6.62. The van der Waals surface area contributed by atoms with Crippen LogP contribution >= 0.6 is 11.8 Å². The fraction of sp³-hybridized carbons (Fsp3) is 0.143. The highest BCUT2D eigenvalue weighted by molar-refractivity contribution is 8.00. The van der Waals surface area contributed by atoms with Gasteiger partial charge in [-0.05, 0) is 18.4 Å². The molecule has 0 saturated heterocycles. The molecule has 0 saturated carbocycles. The third-order valence-corrected chi connectivity index (χ3v) is 1.40. The van der Waals surface area contributed by atoms with Crippen molar-refractivity contribution in [1.82, 2.24) is 4.98 Å². The van der Waals surface area contributed by atoms with Gasteiger partial charge < -0.3 is 0 Å². The van der Waals surface area contributed by atoms with Gasteiger partial charge in [0.1, 0.15) is 0 Å². The molecule has 47 valence electrons. The van der Waals surface area contributed by atoms with Crippen LogP contribution in [0.4, 0.5) is 0 Å². The van der Waals surface area contributed by atoms with Crippen LogP contribution in [0.2, 0.25) is 0 Å². The van der Waals surface area contributed by atoms with Gasteiger partial charge in [0.25, 0.3) is 0 Å². The molecular formula is C7H8NS. The van der Waals surface area contributed by atoms with Crippen molar-refractivity contribution in [2.75, 3.05) is 6.26 Å². The summed E-state index contributed by atoms with van der Waals surface area (Å²) >= 11 is 1.67. The smallest absolute Gasteiger partial charge is 0.0642 e. The van der Waals surface area contributed by atoms with Crippen molar-refractivity contribution in [3.8, 4) is 0 Å². The minimum Gasteiger partial charge on any atom is -0.260 e. The normalized spacial score (nSPS) is 9.44. The number of pyridine rings is 1. The van der Waals surface area contributed by atoms with E-state index in [0.29, 0.717) is 0 Å². The van der Waals surface area contributed by atoms with Crippen molar-refractivity contribution < 1.29 is 0 Å². The Morgan fingerprint density at radius 2 is 2.44 bits per heavy atom. The lowest BCUT2D eigenvalue weighted by Crippen LogP contribution is -1.79. The molecule has 0 bridgehead atoms. The number of aromatic nitrogens is 1. The molecule has 0 N–H and O–H groups in total. The van der Waals surface area contributed by atoms with Crippen molar-refractivity contribution >= 4 is 11.8 Å². The van der Waals surface area contributed by atoms with Gasteiger partial charge in [0.05, 0.1) is 11.4 Å². The molecule has 1 aromatic heterocycles. The summed E-state index contributed by atoms with van der Waals surface area (Å²) < 4.78 is 0. The summed E-state index contributed by atoms with van der Waals surface area (Å²) in [5.41, 5.74) is 1.03. The van der Waals surface area contributed by atoms with Crippen LogP contribution in [-0.2, 0) is 0 Å². The average molecular weight is 138 g/mol. The van der Waals surface area contributed by atoms with Crippen LogP contribution in [0.25, 0.3) is 0 Å². The molecule has 1 aromatic rings. The van der Waals surface area contributed by atoms with Crippen molar-refractivity contribution in [1.29, 1.82) is 0 Å². The first-order chi connectivity index (χ1) is 4.43. The van der Waals surface area contributed by atoms with Gasteiger partial charge in [-0.2, -0.15) is 11.8 Å². The Morgan fingerprint density at radius 1 is 1.56 bits per heavy atom. The van der Waals surface area contributed by atoms with E-state index in [1.807, 2.05) is 30.2 Å². The standard InChI is InChI=1S/C7H8NS/c1-9-6-7-4-2-3-5-8-7/h2-6H,1H3. The van der Waals surface area contributed by atoms with E-state index in [9.17, 15) is 0 Å². The highest BCUT2D eigenvalue weighted by Gasteiger charge is 1.87. The molecule has 0 aliphatic rings. The van der Waals surface area contributed by atoms with Gasteiger partial charge in [-0.15, -0.1) is 0 Å². The first-order valence-electron chi connectivity index (χ1n) is 2.70. The van der Waals surface area contributed by atoms with Crippen molar-refractivity contribution in [2.45, 2.75) is 0 Å². The summed E-state index contributed by atoms with van der Waals surface area (Å²) in [4.78, 5) is 4.09. The number of hydrogen-bond donors (Lipinski definition) is 0. The lowest BCUT2D eigenvalue weighted by atomic mass is 10.4. The Morgan fingerprint density at radius 3 is 3.00 bits per heavy atom. The molecule has 0 amide bonds. The van der Waals surface area contributed by atoms with Gasteiger partial charge >= 0.3 is 0 Å². The molecule has 9 heavy (non-hydrogen) atoms. The molecule has 0 aromatic carbocycles. The molecular weight excluding hydrogens is 130 g/mol. The van der Waals surface area contributed by atoms with E-state index < -0.39 is 0 Å². The molecule has 1 nitrogen and oxygen atoms in total. The van der Waals surface area contributed by atoms with Gasteiger partial charge in [-0.25, -0.2) is 0 Å². The van der Waals surface area contributed by atoms with E-state index in [1.165, 1.54) is 0 Å². The van der Waals surface area contributed by atoms with E-state index in [0.717, 1.165) is 5.69 Å². The molecule has 0 aliphatic heterocycles. The van der Waals surface area contributed by atoms with Gasteiger partial charge in [0.15, 0.2) is 0 Å². The summed E-state index contributed by atoms with van der Waals surface area (Å²) in [6.45, 7) is 0. The monoisotopic (exact) mass is 138 g/mol. The molecule has 0 aliphatic carbocycles. The number of thioether (sulfide) groups is 1.